The lowest BCUT2D eigenvalue weighted by atomic mass is 9.83. The molecule has 1 aromatic heterocycles. The number of aromatic nitrogens is 2. The number of halogens is 2. The normalized spacial score (nSPS) is 20.9. The first kappa shape index (κ1) is 11.0. The maximum Gasteiger partial charge on any atom is 0.339 e. The quantitative estimate of drug-likeness (QED) is 0.819. The molecule has 1 aliphatic rings. The number of carboxylic acids is 1. The molecule has 2 rings (SSSR count). The second-order valence-electron chi connectivity index (χ2n) is 4.13. The van der Waals surface area contributed by atoms with Gasteiger partial charge in [0.05, 0.1) is 11.9 Å². The van der Waals surface area contributed by atoms with Crippen LogP contribution in [0.5, 0.6) is 0 Å². The van der Waals surface area contributed by atoms with Crippen LogP contribution in [0, 0.1) is 0 Å². The van der Waals surface area contributed by atoms with Crippen LogP contribution in [0.3, 0.4) is 0 Å². The number of aromatic carboxylic acids is 1. The molecule has 16 heavy (non-hydrogen) atoms. The fourth-order valence-electron chi connectivity index (χ4n) is 2.11. The number of H-pyrrole nitrogens is 1. The molecule has 1 fully saturated rings. The standard InChI is InChI=1S/C10H12F2N2O2/c11-10(12)3-1-6(2-4-10)8-7(9(15)16)5-13-14-8/h5-6H,1-4H2,(H,13,14)(H,15,16). The predicted octanol–water partition coefficient (Wildman–Crippen LogP) is 2.40. The molecule has 1 saturated carbocycles. The number of hydrogen-bond donors (Lipinski definition) is 2. The van der Waals surface area contributed by atoms with Crippen LogP contribution in [0.2, 0.25) is 0 Å². The lowest BCUT2D eigenvalue weighted by molar-refractivity contribution is -0.0385. The number of nitrogens with one attached hydrogen (secondary N) is 1. The Hall–Kier alpha value is -1.46. The third-order valence-corrected chi connectivity index (χ3v) is 3.02. The van der Waals surface area contributed by atoms with E-state index in [0.29, 0.717) is 18.5 Å². The van der Waals surface area contributed by atoms with Gasteiger partial charge in [-0.15, -0.1) is 0 Å². The van der Waals surface area contributed by atoms with E-state index < -0.39 is 11.9 Å². The fraction of sp³-hybridized carbons (Fsp3) is 0.600. The van der Waals surface area contributed by atoms with Crippen molar-refractivity contribution in [1.82, 2.24) is 10.2 Å². The SMILES string of the molecule is O=C(O)c1cn[nH]c1C1CCC(F)(F)CC1. The molecule has 4 nitrogen and oxygen atoms in total. The first-order valence-electron chi connectivity index (χ1n) is 5.14. The molecule has 1 heterocycles. The van der Waals surface area contributed by atoms with Crippen molar-refractivity contribution in [3.8, 4) is 0 Å². The molecule has 1 aliphatic carbocycles. The molecule has 0 radical (unpaired) electrons. The van der Waals surface area contributed by atoms with Gasteiger partial charge in [0, 0.05) is 18.8 Å². The second kappa shape index (κ2) is 3.84. The lowest BCUT2D eigenvalue weighted by Crippen LogP contribution is -2.24. The molecule has 0 aromatic carbocycles. The smallest absolute Gasteiger partial charge is 0.339 e. The Morgan fingerprint density at radius 1 is 1.50 bits per heavy atom. The summed E-state index contributed by atoms with van der Waals surface area (Å²) < 4.78 is 25.9. The van der Waals surface area contributed by atoms with E-state index in [0.717, 1.165) is 0 Å². The zero-order valence-corrected chi connectivity index (χ0v) is 8.54. The highest BCUT2D eigenvalue weighted by molar-refractivity contribution is 5.88. The van der Waals surface area contributed by atoms with E-state index in [-0.39, 0.29) is 24.3 Å². The summed E-state index contributed by atoms with van der Waals surface area (Å²) in [4.78, 5) is 10.8. The van der Waals surface area contributed by atoms with Crippen molar-refractivity contribution in [1.29, 1.82) is 0 Å². The van der Waals surface area contributed by atoms with Gasteiger partial charge in [0.2, 0.25) is 5.92 Å². The van der Waals surface area contributed by atoms with Crippen LogP contribution in [-0.4, -0.2) is 27.2 Å². The Balaban J connectivity index is 2.14. The lowest BCUT2D eigenvalue weighted by Gasteiger charge is -2.27. The largest absolute Gasteiger partial charge is 0.478 e. The van der Waals surface area contributed by atoms with Crippen molar-refractivity contribution >= 4 is 5.97 Å². The van der Waals surface area contributed by atoms with Gasteiger partial charge in [-0.3, -0.25) is 5.10 Å². The van der Waals surface area contributed by atoms with Gasteiger partial charge in [0.1, 0.15) is 5.56 Å². The van der Waals surface area contributed by atoms with Gasteiger partial charge in [0.25, 0.3) is 0 Å². The molecule has 88 valence electrons. The molecule has 0 saturated heterocycles. The number of rotatable bonds is 2. The number of carbonyl (C=O) groups is 1. The highest BCUT2D eigenvalue weighted by Gasteiger charge is 2.37. The maximum absolute atomic E-state index is 12.9. The molecule has 0 atom stereocenters. The highest BCUT2D eigenvalue weighted by Crippen LogP contribution is 2.40. The molecule has 0 amide bonds. The van der Waals surface area contributed by atoms with Crippen LogP contribution >= 0.6 is 0 Å². The summed E-state index contributed by atoms with van der Waals surface area (Å²) in [7, 11) is 0. The second-order valence-corrected chi connectivity index (χ2v) is 4.13. The summed E-state index contributed by atoms with van der Waals surface area (Å²) in [6, 6.07) is 0. The summed E-state index contributed by atoms with van der Waals surface area (Å²) in [6.07, 6.45) is 1.46. The third kappa shape index (κ3) is 2.05. The molecule has 6 heteroatoms. The highest BCUT2D eigenvalue weighted by atomic mass is 19.3. The molecule has 1 aromatic rings. The van der Waals surface area contributed by atoms with E-state index in [9.17, 15) is 13.6 Å². The van der Waals surface area contributed by atoms with E-state index in [1.165, 1.54) is 6.20 Å². The monoisotopic (exact) mass is 230 g/mol. The molecular formula is C10H12F2N2O2. The summed E-state index contributed by atoms with van der Waals surface area (Å²) in [5, 5.41) is 15.1. The number of carboxylic acid groups (broad SMARTS) is 1. The fourth-order valence-corrected chi connectivity index (χ4v) is 2.11. The Labute approximate surface area is 90.7 Å². The molecule has 0 unspecified atom stereocenters. The van der Waals surface area contributed by atoms with Gasteiger partial charge in [-0.05, 0) is 12.8 Å². The Bertz CT molecular complexity index is 393. The zero-order valence-electron chi connectivity index (χ0n) is 8.54. The number of nitrogens with zero attached hydrogens (tertiary/aromatic N) is 1. The maximum atomic E-state index is 12.9. The van der Waals surface area contributed by atoms with Crippen LogP contribution in [0.4, 0.5) is 8.78 Å². The predicted molar refractivity (Wildman–Crippen MR) is 51.7 cm³/mol. The van der Waals surface area contributed by atoms with Gasteiger partial charge in [-0.2, -0.15) is 5.10 Å². The first-order valence-corrected chi connectivity index (χ1v) is 5.14. The first-order chi connectivity index (χ1) is 7.49. The molecule has 0 spiro atoms. The van der Waals surface area contributed by atoms with Gasteiger partial charge < -0.3 is 5.11 Å². The van der Waals surface area contributed by atoms with Crippen molar-refractivity contribution in [3.05, 3.63) is 17.5 Å². The topological polar surface area (TPSA) is 66.0 Å². The van der Waals surface area contributed by atoms with E-state index in [4.69, 9.17) is 5.11 Å². The van der Waals surface area contributed by atoms with Gasteiger partial charge in [-0.1, -0.05) is 0 Å². The van der Waals surface area contributed by atoms with Crippen molar-refractivity contribution in [3.63, 3.8) is 0 Å². The minimum Gasteiger partial charge on any atom is -0.478 e. The molecule has 0 bridgehead atoms. The van der Waals surface area contributed by atoms with Gasteiger partial charge in [-0.25, -0.2) is 13.6 Å². The van der Waals surface area contributed by atoms with Gasteiger partial charge in [0.15, 0.2) is 0 Å². The minimum absolute atomic E-state index is 0.0928. The van der Waals surface area contributed by atoms with Crippen LogP contribution in [0.15, 0.2) is 6.20 Å². The van der Waals surface area contributed by atoms with E-state index >= 15 is 0 Å². The summed E-state index contributed by atoms with van der Waals surface area (Å²) in [5.41, 5.74) is 0.568. The number of alkyl halides is 2. The van der Waals surface area contributed by atoms with Crippen LogP contribution in [0.25, 0.3) is 0 Å². The van der Waals surface area contributed by atoms with Crippen LogP contribution < -0.4 is 0 Å². The van der Waals surface area contributed by atoms with Crippen molar-refractivity contribution in [2.24, 2.45) is 0 Å². The zero-order chi connectivity index (χ0) is 11.8. The average molecular weight is 230 g/mol. The van der Waals surface area contributed by atoms with E-state index in [2.05, 4.69) is 10.2 Å². The summed E-state index contributed by atoms with van der Waals surface area (Å²) in [5.74, 6) is -3.81. The van der Waals surface area contributed by atoms with Crippen LogP contribution in [0.1, 0.15) is 47.7 Å². The van der Waals surface area contributed by atoms with Crippen LogP contribution in [-0.2, 0) is 0 Å². The Kier molecular flexibility index (Phi) is 2.65. The molecule has 0 aliphatic heterocycles. The van der Waals surface area contributed by atoms with E-state index in [1.54, 1.807) is 0 Å². The third-order valence-electron chi connectivity index (χ3n) is 3.02. The molecule has 2 N–H and O–H groups in total. The summed E-state index contributed by atoms with van der Waals surface area (Å²) in [6.45, 7) is 0. The summed E-state index contributed by atoms with van der Waals surface area (Å²) >= 11 is 0. The number of aromatic amines is 1. The number of hydrogen-bond acceptors (Lipinski definition) is 2. The minimum atomic E-state index is -2.60. The van der Waals surface area contributed by atoms with Crippen molar-refractivity contribution < 1.29 is 18.7 Å². The average Bonchev–Trinajstić information content (AvgIpc) is 2.66. The Morgan fingerprint density at radius 2 is 2.12 bits per heavy atom. The van der Waals surface area contributed by atoms with E-state index in [1.807, 2.05) is 0 Å². The van der Waals surface area contributed by atoms with Gasteiger partial charge >= 0.3 is 5.97 Å². The molecular weight excluding hydrogens is 218 g/mol. The van der Waals surface area contributed by atoms with Crippen molar-refractivity contribution in [2.45, 2.75) is 37.5 Å². The Morgan fingerprint density at radius 3 is 2.69 bits per heavy atom. The van der Waals surface area contributed by atoms with Crippen molar-refractivity contribution in [2.75, 3.05) is 0 Å².